The molecule has 39 heavy (non-hydrogen) atoms. The summed E-state index contributed by atoms with van der Waals surface area (Å²) in [7, 11) is 0. The molecule has 1 aliphatic carbocycles. The van der Waals surface area contributed by atoms with Crippen molar-refractivity contribution in [3.8, 4) is 5.88 Å². The van der Waals surface area contributed by atoms with Gasteiger partial charge >= 0.3 is 6.09 Å². The summed E-state index contributed by atoms with van der Waals surface area (Å²) in [5.41, 5.74) is 1.44. The van der Waals surface area contributed by atoms with Crippen LogP contribution in [0.4, 0.5) is 13.6 Å². The molecule has 0 saturated heterocycles. The van der Waals surface area contributed by atoms with Gasteiger partial charge in [-0.15, -0.1) is 0 Å². The fraction of sp³-hybridized carbons (Fsp3) is 0.407. The number of amides is 2. The molecule has 10 nitrogen and oxygen atoms in total. The predicted octanol–water partition coefficient (Wildman–Crippen LogP) is 3.14. The molecule has 1 fully saturated rings. The molecule has 3 atom stereocenters. The van der Waals surface area contributed by atoms with Gasteiger partial charge in [-0.3, -0.25) is 10.0 Å². The highest BCUT2D eigenvalue weighted by Crippen LogP contribution is 2.43. The summed E-state index contributed by atoms with van der Waals surface area (Å²) in [6.45, 7) is 0. The number of nitrogens with zero attached hydrogens (tertiary/aromatic N) is 2. The van der Waals surface area contributed by atoms with Crippen molar-refractivity contribution in [3.05, 3.63) is 66.4 Å². The summed E-state index contributed by atoms with van der Waals surface area (Å²) < 4.78 is 32.8. The van der Waals surface area contributed by atoms with Crippen LogP contribution < -0.4 is 15.5 Å². The number of aromatic nitrogens is 2. The van der Waals surface area contributed by atoms with Crippen LogP contribution in [0, 0.1) is 5.92 Å². The number of aliphatic hydroxyl groups excluding tert-OH is 1. The predicted molar refractivity (Wildman–Crippen MR) is 135 cm³/mol. The van der Waals surface area contributed by atoms with Gasteiger partial charge in [-0.2, -0.15) is 0 Å². The third-order valence-electron chi connectivity index (χ3n) is 7.09. The van der Waals surface area contributed by atoms with Crippen molar-refractivity contribution < 1.29 is 38.5 Å². The van der Waals surface area contributed by atoms with Gasteiger partial charge in [-0.25, -0.2) is 29.0 Å². The van der Waals surface area contributed by atoms with E-state index in [1.807, 2.05) is 0 Å². The van der Waals surface area contributed by atoms with Crippen molar-refractivity contribution in [1.29, 1.82) is 0 Å². The first kappa shape index (κ1) is 28.3. The first-order valence-corrected chi connectivity index (χ1v) is 12.5. The minimum Gasteiger partial charge on any atom is -0.391 e. The number of benzene rings is 2. The number of para-hydroxylation sites is 2. The third kappa shape index (κ3) is 7.22. The number of halogens is 2. The molecule has 208 valence electrons. The lowest BCUT2D eigenvalue weighted by atomic mass is 9.71. The van der Waals surface area contributed by atoms with Crippen LogP contribution in [0.15, 0.2) is 60.8 Å². The Morgan fingerprint density at radius 3 is 2.31 bits per heavy atom. The number of nitrogens with one attached hydrogen (secondary N) is 2. The number of alkyl halides is 2. The molecular formula is C27H30F2N4O6. The van der Waals surface area contributed by atoms with Crippen molar-refractivity contribution in [2.45, 2.75) is 62.2 Å². The van der Waals surface area contributed by atoms with Crippen LogP contribution in [0.3, 0.4) is 0 Å². The van der Waals surface area contributed by atoms with Gasteiger partial charge in [-0.1, -0.05) is 42.5 Å². The number of rotatable bonds is 9. The quantitative estimate of drug-likeness (QED) is 0.203. The van der Waals surface area contributed by atoms with E-state index in [1.165, 1.54) is 11.7 Å². The Kier molecular flexibility index (Phi) is 8.68. The molecule has 2 aromatic carbocycles. The van der Waals surface area contributed by atoms with Crippen LogP contribution in [0.1, 0.15) is 37.7 Å². The Hall–Kier alpha value is -3.74. The standard InChI is InChI=1S/C27H30F2N4O6/c28-27(29)12-10-26(37,11-13-27)18(24(35)33-38)15-22(34)21(14-17-6-2-1-3-7-17)32-25(36)39-23-16-30-19-8-4-5-9-20(19)31-23/h1-9,16,18,21-22,34,37-38H,10-15H2,(H,32,36)(H,33,35)/t18-,21+,22+/m1/s1. The SMILES string of the molecule is O=C(N[C@@H](Cc1ccccc1)[C@@H](O)C[C@H](C(=O)NO)C1(O)CCC(F)(F)CC1)Oc1cnc2ccccc2n1. The highest BCUT2D eigenvalue weighted by molar-refractivity contribution is 5.79. The van der Waals surface area contributed by atoms with Crippen LogP contribution in [-0.2, 0) is 11.2 Å². The molecule has 0 spiro atoms. The third-order valence-corrected chi connectivity index (χ3v) is 7.09. The lowest BCUT2D eigenvalue weighted by Crippen LogP contribution is -2.54. The number of carbonyl (C=O) groups excluding carboxylic acids is 2. The van der Waals surface area contributed by atoms with Crippen LogP contribution in [0.2, 0.25) is 0 Å². The van der Waals surface area contributed by atoms with E-state index >= 15 is 0 Å². The number of carbonyl (C=O) groups is 2. The number of hydrogen-bond donors (Lipinski definition) is 5. The van der Waals surface area contributed by atoms with Gasteiger partial charge in [0, 0.05) is 12.8 Å². The van der Waals surface area contributed by atoms with Crippen LogP contribution in [0.25, 0.3) is 11.0 Å². The second-order valence-electron chi connectivity index (χ2n) is 9.82. The Morgan fingerprint density at radius 2 is 1.64 bits per heavy atom. The molecule has 0 bridgehead atoms. The molecule has 0 aliphatic heterocycles. The minimum absolute atomic E-state index is 0.0749. The molecule has 3 aromatic rings. The van der Waals surface area contributed by atoms with Crippen molar-refractivity contribution in [3.63, 3.8) is 0 Å². The molecule has 1 heterocycles. The second kappa shape index (κ2) is 12.0. The van der Waals surface area contributed by atoms with E-state index < -0.39 is 73.7 Å². The highest BCUT2D eigenvalue weighted by atomic mass is 19.3. The average molecular weight is 545 g/mol. The molecule has 0 radical (unpaired) electrons. The first-order chi connectivity index (χ1) is 18.6. The summed E-state index contributed by atoms with van der Waals surface area (Å²) in [6.07, 6.45) is -3.49. The van der Waals surface area contributed by atoms with E-state index in [0.717, 1.165) is 5.56 Å². The van der Waals surface area contributed by atoms with Gasteiger partial charge in [0.25, 0.3) is 0 Å². The van der Waals surface area contributed by atoms with E-state index in [2.05, 4.69) is 15.3 Å². The fourth-order valence-corrected chi connectivity index (χ4v) is 4.87. The summed E-state index contributed by atoms with van der Waals surface area (Å²) in [5, 5.41) is 34.1. The Labute approximate surface area is 223 Å². The molecule has 12 heteroatoms. The molecule has 5 N–H and O–H groups in total. The second-order valence-corrected chi connectivity index (χ2v) is 9.82. The molecule has 1 saturated carbocycles. The maximum absolute atomic E-state index is 13.8. The van der Waals surface area contributed by atoms with Crippen LogP contribution >= 0.6 is 0 Å². The maximum atomic E-state index is 13.8. The van der Waals surface area contributed by atoms with Gasteiger partial charge in [0.1, 0.15) is 0 Å². The molecule has 0 unspecified atom stereocenters. The van der Waals surface area contributed by atoms with Gasteiger partial charge < -0.3 is 20.3 Å². The van der Waals surface area contributed by atoms with E-state index in [1.54, 1.807) is 54.6 Å². The number of hydrogen-bond acceptors (Lipinski definition) is 8. The Morgan fingerprint density at radius 1 is 1.00 bits per heavy atom. The van der Waals surface area contributed by atoms with Crippen LogP contribution in [0.5, 0.6) is 5.88 Å². The lowest BCUT2D eigenvalue weighted by Gasteiger charge is -2.41. The maximum Gasteiger partial charge on any atom is 0.414 e. The molecule has 2 amide bonds. The normalized spacial score (nSPS) is 18.5. The fourth-order valence-electron chi connectivity index (χ4n) is 4.87. The van der Waals surface area contributed by atoms with Gasteiger partial charge in [0.15, 0.2) is 0 Å². The number of ether oxygens (including phenoxy) is 1. The van der Waals surface area contributed by atoms with Crippen molar-refractivity contribution in [1.82, 2.24) is 20.8 Å². The zero-order chi connectivity index (χ0) is 28.0. The summed E-state index contributed by atoms with van der Waals surface area (Å²) in [4.78, 5) is 33.7. The monoisotopic (exact) mass is 544 g/mol. The summed E-state index contributed by atoms with van der Waals surface area (Å²) >= 11 is 0. The van der Waals surface area contributed by atoms with Crippen molar-refractivity contribution in [2.24, 2.45) is 5.92 Å². The number of fused-ring (bicyclic) bond motifs is 1. The van der Waals surface area contributed by atoms with Crippen molar-refractivity contribution >= 4 is 23.0 Å². The molecule has 1 aromatic heterocycles. The zero-order valence-electron chi connectivity index (χ0n) is 21.0. The minimum atomic E-state index is -2.97. The Balaban J connectivity index is 1.52. The number of aliphatic hydroxyl groups is 2. The van der Waals surface area contributed by atoms with Gasteiger partial charge in [-0.05, 0) is 43.4 Å². The topological polar surface area (TPSA) is 154 Å². The lowest BCUT2D eigenvalue weighted by molar-refractivity contribution is -0.161. The first-order valence-electron chi connectivity index (χ1n) is 12.5. The van der Waals surface area contributed by atoms with E-state index in [4.69, 9.17) is 4.74 Å². The van der Waals surface area contributed by atoms with Crippen molar-refractivity contribution in [2.75, 3.05) is 0 Å². The van der Waals surface area contributed by atoms with E-state index in [0.29, 0.717) is 11.0 Å². The average Bonchev–Trinajstić information content (AvgIpc) is 2.93. The summed E-state index contributed by atoms with van der Waals surface area (Å²) in [5.74, 6) is -5.49. The summed E-state index contributed by atoms with van der Waals surface area (Å²) in [6, 6.07) is 14.9. The largest absolute Gasteiger partial charge is 0.414 e. The molecular weight excluding hydrogens is 514 g/mol. The number of hydroxylamine groups is 1. The van der Waals surface area contributed by atoms with Crippen LogP contribution in [-0.4, -0.2) is 61.1 Å². The van der Waals surface area contributed by atoms with E-state index in [-0.39, 0.29) is 12.3 Å². The van der Waals surface area contributed by atoms with Gasteiger partial charge in [0.2, 0.25) is 17.7 Å². The van der Waals surface area contributed by atoms with Gasteiger partial charge in [0.05, 0.1) is 40.9 Å². The molecule has 4 rings (SSSR count). The smallest absolute Gasteiger partial charge is 0.391 e. The zero-order valence-corrected chi connectivity index (χ0v) is 21.0. The Bertz CT molecular complexity index is 1290. The van der Waals surface area contributed by atoms with E-state index in [9.17, 15) is 33.8 Å². The molecule has 1 aliphatic rings. The highest BCUT2D eigenvalue weighted by Gasteiger charge is 2.49.